The first-order valence-electron chi connectivity index (χ1n) is 6.76. The number of hydrogen-bond acceptors (Lipinski definition) is 3. The predicted molar refractivity (Wildman–Crippen MR) is 84.1 cm³/mol. The van der Waals surface area contributed by atoms with E-state index in [1.165, 1.54) is 12.1 Å². The van der Waals surface area contributed by atoms with Crippen molar-refractivity contribution in [3.63, 3.8) is 0 Å². The third-order valence-corrected chi connectivity index (χ3v) is 3.59. The number of pyridine rings is 1. The van der Waals surface area contributed by atoms with Crippen LogP contribution in [0.5, 0.6) is 0 Å². The van der Waals surface area contributed by atoms with Gasteiger partial charge in [-0.05, 0) is 29.1 Å². The minimum absolute atomic E-state index is 0.262. The SMILES string of the molecule is CN(c1cccc(F)c1)c1ncc(CN)c2ccccc12. The van der Waals surface area contributed by atoms with E-state index in [4.69, 9.17) is 5.73 Å². The fourth-order valence-corrected chi connectivity index (χ4v) is 2.47. The van der Waals surface area contributed by atoms with Crippen molar-refractivity contribution in [1.82, 2.24) is 4.98 Å². The first kappa shape index (κ1) is 13.5. The number of rotatable bonds is 3. The quantitative estimate of drug-likeness (QED) is 0.797. The van der Waals surface area contributed by atoms with Crippen LogP contribution in [0.2, 0.25) is 0 Å². The van der Waals surface area contributed by atoms with Gasteiger partial charge in [-0.1, -0.05) is 30.3 Å². The molecule has 0 atom stereocenters. The Hall–Kier alpha value is -2.46. The Labute approximate surface area is 122 Å². The third kappa shape index (κ3) is 2.45. The summed E-state index contributed by atoms with van der Waals surface area (Å²) in [7, 11) is 1.88. The zero-order valence-corrected chi connectivity index (χ0v) is 11.8. The Morgan fingerprint density at radius 2 is 1.86 bits per heavy atom. The van der Waals surface area contributed by atoms with Gasteiger partial charge in [0.05, 0.1) is 0 Å². The van der Waals surface area contributed by atoms with E-state index in [2.05, 4.69) is 4.98 Å². The molecule has 0 saturated heterocycles. The lowest BCUT2D eigenvalue weighted by molar-refractivity contribution is 0.628. The topological polar surface area (TPSA) is 42.2 Å². The average molecular weight is 281 g/mol. The van der Waals surface area contributed by atoms with E-state index in [-0.39, 0.29) is 5.82 Å². The summed E-state index contributed by atoms with van der Waals surface area (Å²) in [6.45, 7) is 0.442. The molecule has 0 spiro atoms. The second kappa shape index (κ2) is 5.50. The largest absolute Gasteiger partial charge is 0.329 e. The normalized spacial score (nSPS) is 10.8. The summed E-state index contributed by atoms with van der Waals surface area (Å²) >= 11 is 0. The van der Waals surface area contributed by atoms with Gasteiger partial charge < -0.3 is 10.6 Å². The van der Waals surface area contributed by atoms with E-state index in [0.717, 1.165) is 27.8 Å². The lowest BCUT2D eigenvalue weighted by atomic mass is 10.1. The Bertz CT molecular complexity index is 786. The molecule has 0 bridgehead atoms. The Kier molecular flexibility index (Phi) is 3.54. The monoisotopic (exact) mass is 281 g/mol. The van der Waals surface area contributed by atoms with Crippen molar-refractivity contribution in [1.29, 1.82) is 0 Å². The minimum atomic E-state index is -0.262. The molecule has 0 unspecified atom stereocenters. The molecule has 3 nitrogen and oxygen atoms in total. The predicted octanol–water partition coefficient (Wildman–Crippen LogP) is 3.60. The minimum Gasteiger partial charge on any atom is -0.329 e. The molecule has 0 aliphatic carbocycles. The van der Waals surface area contributed by atoms with Crippen molar-refractivity contribution >= 4 is 22.3 Å². The average Bonchev–Trinajstić information content (AvgIpc) is 2.53. The highest BCUT2D eigenvalue weighted by molar-refractivity contribution is 5.95. The number of nitrogens with two attached hydrogens (primary N) is 1. The van der Waals surface area contributed by atoms with Crippen LogP contribution >= 0.6 is 0 Å². The standard InChI is InChI=1S/C17H16FN3/c1-21(14-6-4-5-13(18)9-14)17-16-8-3-2-7-15(16)12(10-19)11-20-17/h2-9,11H,10,19H2,1H3. The molecule has 0 saturated carbocycles. The lowest BCUT2D eigenvalue weighted by Crippen LogP contribution is -2.12. The van der Waals surface area contributed by atoms with Gasteiger partial charge in [0.1, 0.15) is 11.6 Å². The van der Waals surface area contributed by atoms with Crippen LogP contribution in [0.15, 0.2) is 54.7 Å². The Balaban J connectivity index is 2.17. The van der Waals surface area contributed by atoms with Crippen LogP contribution in [-0.4, -0.2) is 12.0 Å². The van der Waals surface area contributed by atoms with E-state index in [9.17, 15) is 4.39 Å². The Morgan fingerprint density at radius 1 is 1.10 bits per heavy atom. The molecular weight excluding hydrogens is 265 g/mol. The van der Waals surface area contributed by atoms with Gasteiger partial charge in [0, 0.05) is 30.9 Å². The van der Waals surface area contributed by atoms with Crippen LogP contribution in [0.25, 0.3) is 10.8 Å². The number of aromatic nitrogens is 1. The zero-order valence-electron chi connectivity index (χ0n) is 11.8. The van der Waals surface area contributed by atoms with Crippen LogP contribution in [0.3, 0.4) is 0 Å². The number of halogens is 1. The smallest absolute Gasteiger partial charge is 0.140 e. The van der Waals surface area contributed by atoms with Gasteiger partial charge in [-0.3, -0.25) is 0 Å². The van der Waals surface area contributed by atoms with Crippen LogP contribution in [0.4, 0.5) is 15.9 Å². The maximum absolute atomic E-state index is 13.4. The van der Waals surface area contributed by atoms with Gasteiger partial charge in [0.2, 0.25) is 0 Å². The summed E-state index contributed by atoms with van der Waals surface area (Å²) in [6.07, 6.45) is 1.79. The molecule has 21 heavy (non-hydrogen) atoms. The molecule has 0 amide bonds. The van der Waals surface area contributed by atoms with Crippen molar-refractivity contribution in [2.75, 3.05) is 11.9 Å². The first-order chi connectivity index (χ1) is 10.2. The molecule has 3 aromatic rings. The van der Waals surface area contributed by atoms with Crippen LogP contribution in [0.1, 0.15) is 5.56 Å². The number of anilines is 2. The number of nitrogens with zero attached hydrogens (tertiary/aromatic N) is 2. The molecule has 1 heterocycles. The summed E-state index contributed by atoms with van der Waals surface area (Å²) in [5.41, 5.74) is 7.53. The van der Waals surface area contributed by atoms with Crippen molar-refractivity contribution < 1.29 is 4.39 Å². The fraction of sp³-hybridized carbons (Fsp3) is 0.118. The molecule has 0 fully saturated rings. The molecule has 1 aromatic heterocycles. The van der Waals surface area contributed by atoms with Crippen molar-refractivity contribution in [3.8, 4) is 0 Å². The van der Waals surface area contributed by atoms with Gasteiger partial charge in [0.25, 0.3) is 0 Å². The highest BCUT2D eigenvalue weighted by atomic mass is 19.1. The van der Waals surface area contributed by atoms with Gasteiger partial charge in [-0.15, -0.1) is 0 Å². The van der Waals surface area contributed by atoms with Crippen molar-refractivity contribution in [2.24, 2.45) is 5.73 Å². The maximum Gasteiger partial charge on any atom is 0.140 e. The lowest BCUT2D eigenvalue weighted by Gasteiger charge is -2.21. The molecule has 3 rings (SSSR count). The van der Waals surface area contributed by atoms with Gasteiger partial charge in [-0.2, -0.15) is 0 Å². The van der Waals surface area contributed by atoms with Crippen molar-refractivity contribution in [2.45, 2.75) is 6.54 Å². The number of fused-ring (bicyclic) bond motifs is 1. The molecule has 0 aliphatic heterocycles. The van der Waals surface area contributed by atoms with Gasteiger partial charge in [-0.25, -0.2) is 9.37 Å². The van der Waals surface area contributed by atoms with E-state index in [1.54, 1.807) is 12.3 Å². The van der Waals surface area contributed by atoms with Crippen LogP contribution in [0, 0.1) is 5.82 Å². The van der Waals surface area contributed by atoms with Crippen molar-refractivity contribution in [3.05, 3.63) is 66.1 Å². The molecule has 0 aliphatic rings. The summed E-state index contributed by atoms with van der Waals surface area (Å²) in [5.74, 6) is 0.524. The summed E-state index contributed by atoms with van der Waals surface area (Å²) in [4.78, 5) is 6.39. The molecule has 2 N–H and O–H groups in total. The zero-order chi connectivity index (χ0) is 14.8. The molecule has 106 valence electrons. The Morgan fingerprint density at radius 3 is 2.57 bits per heavy atom. The molecule has 4 heteroatoms. The number of benzene rings is 2. The van der Waals surface area contributed by atoms with E-state index < -0.39 is 0 Å². The van der Waals surface area contributed by atoms with Gasteiger partial charge in [0.15, 0.2) is 0 Å². The third-order valence-electron chi connectivity index (χ3n) is 3.59. The van der Waals surface area contributed by atoms with E-state index in [1.807, 2.05) is 42.3 Å². The van der Waals surface area contributed by atoms with E-state index in [0.29, 0.717) is 6.54 Å². The summed E-state index contributed by atoms with van der Waals surface area (Å²) in [6, 6.07) is 14.5. The summed E-state index contributed by atoms with van der Waals surface area (Å²) in [5, 5.41) is 2.08. The first-order valence-corrected chi connectivity index (χ1v) is 6.76. The summed E-state index contributed by atoms with van der Waals surface area (Å²) < 4.78 is 13.4. The van der Waals surface area contributed by atoms with Crippen LogP contribution < -0.4 is 10.6 Å². The van der Waals surface area contributed by atoms with Gasteiger partial charge >= 0.3 is 0 Å². The molecule has 0 radical (unpaired) electrons. The van der Waals surface area contributed by atoms with Crippen LogP contribution in [-0.2, 0) is 6.54 Å². The maximum atomic E-state index is 13.4. The number of hydrogen-bond donors (Lipinski definition) is 1. The second-order valence-corrected chi connectivity index (χ2v) is 4.90. The highest BCUT2D eigenvalue weighted by Crippen LogP contribution is 2.30. The molecular formula is C17H16FN3. The van der Waals surface area contributed by atoms with E-state index >= 15 is 0 Å². The fourth-order valence-electron chi connectivity index (χ4n) is 2.47. The second-order valence-electron chi connectivity index (χ2n) is 4.90. The molecule has 2 aromatic carbocycles. The highest BCUT2D eigenvalue weighted by Gasteiger charge is 2.12.